The molecule has 1 aliphatic rings. The first kappa shape index (κ1) is 14.9. The van der Waals surface area contributed by atoms with Crippen LogP contribution in [0.2, 0.25) is 5.02 Å². The molecule has 0 aliphatic carbocycles. The third kappa shape index (κ3) is 2.93. The fraction of sp³-hybridized carbons (Fsp3) is 0.333. The van der Waals surface area contributed by atoms with Crippen molar-refractivity contribution in [1.29, 1.82) is 0 Å². The Morgan fingerprint density at radius 2 is 2.27 bits per heavy atom. The van der Waals surface area contributed by atoms with Gasteiger partial charge in [-0.25, -0.2) is 0 Å². The summed E-state index contributed by atoms with van der Waals surface area (Å²) in [6.07, 6.45) is 1.34. The molecule has 0 bridgehead atoms. The lowest BCUT2D eigenvalue weighted by Crippen LogP contribution is -2.50. The number of amides is 2. The second-order valence-electron chi connectivity index (χ2n) is 5.28. The number of aromatic amines is 1. The number of H-pyrrole nitrogens is 1. The summed E-state index contributed by atoms with van der Waals surface area (Å²) < 4.78 is 5.25. The van der Waals surface area contributed by atoms with Crippen molar-refractivity contribution in [3.05, 3.63) is 35.0 Å². The number of nitrogens with two attached hydrogens (primary N) is 1. The first-order chi connectivity index (χ1) is 10.5. The molecule has 1 aliphatic heterocycles. The smallest absolute Gasteiger partial charge is 0.248 e. The van der Waals surface area contributed by atoms with Crippen LogP contribution in [0.1, 0.15) is 5.56 Å². The van der Waals surface area contributed by atoms with Gasteiger partial charge in [-0.15, -0.1) is 0 Å². The van der Waals surface area contributed by atoms with Gasteiger partial charge in [0.2, 0.25) is 11.8 Å². The number of hydrogen-bond donors (Lipinski definition) is 2. The van der Waals surface area contributed by atoms with E-state index in [0.29, 0.717) is 18.2 Å². The molecule has 0 radical (unpaired) electrons. The molecule has 22 heavy (non-hydrogen) atoms. The molecule has 7 heteroatoms. The van der Waals surface area contributed by atoms with Crippen molar-refractivity contribution in [3.63, 3.8) is 0 Å². The number of carbonyl (C=O) groups excluding carboxylic acids is 2. The van der Waals surface area contributed by atoms with Crippen molar-refractivity contribution in [2.75, 3.05) is 19.7 Å². The molecule has 2 aromatic rings. The molecule has 2 heterocycles. The molecule has 3 rings (SSSR count). The number of carbonyl (C=O) groups is 2. The van der Waals surface area contributed by atoms with E-state index in [-0.39, 0.29) is 18.9 Å². The highest BCUT2D eigenvalue weighted by molar-refractivity contribution is 6.31. The van der Waals surface area contributed by atoms with E-state index in [1.54, 1.807) is 11.0 Å². The lowest BCUT2D eigenvalue weighted by Gasteiger charge is -2.31. The van der Waals surface area contributed by atoms with Crippen molar-refractivity contribution >= 4 is 34.3 Å². The molecule has 6 nitrogen and oxygen atoms in total. The predicted molar refractivity (Wildman–Crippen MR) is 82.5 cm³/mol. The van der Waals surface area contributed by atoms with E-state index < -0.39 is 12.0 Å². The maximum atomic E-state index is 12.4. The molecule has 116 valence electrons. The summed E-state index contributed by atoms with van der Waals surface area (Å²) in [5.74, 6) is -0.593. The molecular formula is C15H16ClN3O3. The number of aromatic nitrogens is 1. The van der Waals surface area contributed by atoms with Crippen LogP contribution >= 0.6 is 11.6 Å². The van der Waals surface area contributed by atoms with Gasteiger partial charge in [0.1, 0.15) is 0 Å². The summed E-state index contributed by atoms with van der Waals surface area (Å²) >= 11 is 5.95. The zero-order chi connectivity index (χ0) is 15.7. The zero-order valence-electron chi connectivity index (χ0n) is 11.8. The average Bonchev–Trinajstić information content (AvgIpc) is 2.89. The normalized spacial score (nSPS) is 18.6. The average molecular weight is 322 g/mol. The van der Waals surface area contributed by atoms with Crippen LogP contribution in [0.3, 0.4) is 0 Å². The number of nitrogens with zero attached hydrogens (tertiary/aromatic N) is 1. The van der Waals surface area contributed by atoms with Gasteiger partial charge in [-0.1, -0.05) is 17.7 Å². The minimum atomic E-state index is -0.723. The van der Waals surface area contributed by atoms with Crippen LogP contribution in [0.25, 0.3) is 10.9 Å². The van der Waals surface area contributed by atoms with Gasteiger partial charge >= 0.3 is 0 Å². The van der Waals surface area contributed by atoms with Crippen molar-refractivity contribution in [2.24, 2.45) is 5.73 Å². The number of hydrogen-bond acceptors (Lipinski definition) is 3. The number of ether oxygens (including phenoxy) is 1. The molecule has 0 spiro atoms. The summed E-state index contributed by atoms with van der Waals surface area (Å²) in [4.78, 5) is 28.3. The molecule has 0 saturated carbocycles. The highest BCUT2D eigenvalue weighted by Gasteiger charge is 2.27. The van der Waals surface area contributed by atoms with Gasteiger partial charge < -0.3 is 20.4 Å². The minimum absolute atomic E-state index is 0.0506. The number of morpholine rings is 1. The van der Waals surface area contributed by atoms with Gasteiger partial charge in [0.25, 0.3) is 0 Å². The maximum absolute atomic E-state index is 12.4. The molecule has 1 aromatic heterocycles. The quantitative estimate of drug-likeness (QED) is 0.886. The Morgan fingerprint density at radius 1 is 1.45 bits per heavy atom. The fourth-order valence-electron chi connectivity index (χ4n) is 2.63. The Labute approximate surface area is 132 Å². The molecule has 3 N–H and O–H groups in total. The van der Waals surface area contributed by atoms with E-state index in [0.717, 1.165) is 16.5 Å². The Balaban J connectivity index is 1.74. The monoisotopic (exact) mass is 321 g/mol. The molecule has 0 unspecified atom stereocenters. The SMILES string of the molecule is NC(=O)[C@@H]1CN(C(=O)Cc2c[nH]c3cc(Cl)ccc23)CCO1. The second kappa shape index (κ2) is 5.98. The Kier molecular flexibility index (Phi) is 4.04. The molecule has 2 amide bonds. The first-order valence-electron chi connectivity index (χ1n) is 6.99. The van der Waals surface area contributed by atoms with Gasteiger partial charge in [0.05, 0.1) is 19.6 Å². The first-order valence-corrected chi connectivity index (χ1v) is 7.36. The van der Waals surface area contributed by atoms with Crippen LogP contribution in [0.4, 0.5) is 0 Å². The number of benzene rings is 1. The van der Waals surface area contributed by atoms with E-state index in [4.69, 9.17) is 22.1 Å². The van der Waals surface area contributed by atoms with Crippen LogP contribution in [-0.2, 0) is 20.7 Å². The summed E-state index contributed by atoms with van der Waals surface area (Å²) in [5.41, 5.74) is 7.03. The van der Waals surface area contributed by atoms with Crippen molar-refractivity contribution in [2.45, 2.75) is 12.5 Å². The summed E-state index contributed by atoms with van der Waals surface area (Å²) in [6.45, 7) is 1.00. The minimum Gasteiger partial charge on any atom is -0.367 e. The fourth-order valence-corrected chi connectivity index (χ4v) is 2.80. The number of primary amides is 1. The van der Waals surface area contributed by atoms with E-state index in [2.05, 4.69) is 4.98 Å². The number of nitrogens with one attached hydrogen (secondary N) is 1. The summed E-state index contributed by atoms with van der Waals surface area (Å²) in [6, 6.07) is 5.51. The number of halogens is 1. The van der Waals surface area contributed by atoms with Gasteiger partial charge in [-0.3, -0.25) is 9.59 Å². The number of rotatable bonds is 3. The zero-order valence-corrected chi connectivity index (χ0v) is 12.6. The predicted octanol–water partition coefficient (Wildman–Crippen LogP) is 1.08. The Bertz CT molecular complexity index is 728. The van der Waals surface area contributed by atoms with Gasteiger partial charge in [0, 0.05) is 28.7 Å². The van der Waals surface area contributed by atoms with Crippen molar-refractivity contribution in [3.8, 4) is 0 Å². The van der Waals surface area contributed by atoms with Crippen LogP contribution in [0.5, 0.6) is 0 Å². The largest absolute Gasteiger partial charge is 0.367 e. The lowest BCUT2D eigenvalue weighted by molar-refractivity contribution is -0.145. The third-order valence-corrected chi connectivity index (χ3v) is 4.04. The molecule has 1 aromatic carbocycles. The standard InChI is InChI=1S/C15H16ClN3O3/c16-10-1-2-11-9(7-18-12(11)6-10)5-14(20)19-3-4-22-13(8-19)15(17)21/h1-2,6-7,13,18H,3-5,8H2,(H2,17,21)/t13-/m0/s1. The van der Waals surface area contributed by atoms with Crippen LogP contribution in [0.15, 0.2) is 24.4 Å². The second-order valence-corrected chi connectivity index (χ2v) is 5.72. The summed E-state index contributed by atoms with van der Waals surface area (Å²) in [7, 11) is 0. The highest BCUT2D eigenvalue weighted by atomic mass is 35.5. The van der Waals surface area contributed by atoms with Crippen LogP contribution < -0.4 is 5.73 Å². The van der Waals surface area contributed by atoms with Gasteiger partial charge in [0.15, 0.2) is 6.10 Å². The van der Waals surface area contributed by atoms with Gasteiger partial charge in [-0.05, 0) is 17.7 Å². The van der Waals surface area contributed by atoms with Crippen molar-refractivity contribution in [1.82, 2.24) is 9.88 Å². The maximum Gasteiger partial charge on any atom is 0.248 e. The Hall–Kier alpha value is -2.05. The summed E-state index contributed by atoms with van der Waals surface area (Å²) in [5, 5.41) is 1.61. The van der Waals surface area contributed by atoms with Crippen molar-refractivity contribution < 1.29 is 14.3 Å². The lowest BCUT2D eigenvalue weighted by atomic mass is 10.1. The van der Waals surface area contributed by atoms with Crippen LogP contribution in [0, 0.1) is 0 Å². The number of fused-ring (bicyclic) bond motifs is 1. The third-order valence-electron chi connectivity index (χ3n) is 3.81. The molecule has 1 saturated heterocycles. The van der Waals surface area contributed by atoms with Gasteiger partial charge in [-0.2, -0.15) is 0 Å². The molecular weight excluding hydrogens is 306 g/mol. The topological polar surface area (TPSA) is 88.4 Å². The van der Waals surface area contributed by atoms with E-state index in [9.17, 15) is 9.59 Å². The van der Waals surface area contributed by atoms with E-state index >= 15 is 0 Å². The molecule has 1 fully saturated rings. The van der Waals surface area contributed by atoms with E-state index in [1.807, 2.05) is 18.3 Å². The highest BCUT2D eigenvalue weighted by Crippen LogP contribution is 2.23. The van der Waals surface area contributed by atoms with E-state index in [1.165, 1.54) is 0 Å². The molecule has 1 atom stereocenters. The Morgan fingerprint density at radius 3 is 3.05 bits per heavy atom. The van der Waals surface area contributed by atoms with Crippen LogP contribution in [-0.4, -0.2) is 47.5 Å².